The van der Waals surface area contributed by atoms with Crippen molar-refractivity contribution in [3.8, 4) is 11.5 Å². The van der Waals surface area contributed by atoms with E-state index >= 15 is 0 Å². The van der Waals surface area contributed by atoms with Gasteiger partial charge in [0.25, 0.3) is 0 Å². The highest BCUT2D eigenvalue weighted by atomic mass is 35.5. The normalized spacial score (nSPS) is 15.0. The van der Waals surface area contributed by atoms with Gasteiger partial charge < -0.3 is 23.8 Å². The fourth-order valence-electron chi connectivity index (χ4n) is 5.60. The smallest absolute Gasteiger partial charge is 0.348 e. The molecule has 9 nitrogen and oxygen atoms in total. The summed E-state index contributed by atoms with van der Waals surface area (Å²) in [6, 6.07) is 17.8. The molecule has 2 atom stereocenters. The molecule has 2 aromatic carbocycles. The summed E-state index contributed by atoms with van der Waals surface area (Å²) in [7, 11) is 5.21. The molecule has 3 heterocycles. The number of nitrogens with one attached hydrogen (secondary N) is 2. The zero-order chi connectivity index (χ0) is 34.0. The fraction of sp³-hybridized carbons (Fsp3) is 0.361. The largest absolute Gasteiger partial charge is 0.493 e. The van der Waals surface area contributed by atoms with E-state index in [2.05, 4.69) is 22.2 Å². The number of carbonyl (C=O) groups excluding carboxylic acids is 2. The fourth-order valence-corrected chi connectivity index (χ4v) is 6.98. The number of nitrogens with zero attached hydrogens (tertiary/aromatic N) is 1. The molecule has 12 heteroatoms. The number of rotatable bonds is 14. The number of carbonyl (C=O) groups is 2. The van der Waals surface area contributed by atoms with Gasteiger partial charge in [-0.2, -0.15) is 0 Å². The van der Waals surface area contributed by atoms with Gasteiger partial charge in [0.1, 0.15) is 27.1 Å². The summed E-state index contributed by atoms with van der Waals surface area (Å²) in [5.74, 6) is 0.592. The highest BCUT2D eigenvalue weighted by Crippen LogP contribution is 2.36. The Morgan fingerprint density at radius 2 is 1.67 bits per heavy atom. The molecule has 1 saturated heterocycles. The van der Waals surface area contributed by atoms with Gasteiger partial charge in [-0.3, -0.25) is 5.32 Å². The second-order valence-electron chi connectivity index (χ2n) is 11.7. The molecule has 0 radical (unpaired) electrons. The Kier molecular flexibility index (Phi) is 12.7. The van der Waals surface area contributed by atoms with Crippen molar-refractivity contribution in [1.29, 1.82) is 0 Å². The molecule has 1 fully saturated rings. The van der Waals surface area contributed by atoms with Crippen LogP contribution >= 0.6 is 34.5 Å². The number of aromatic amines is 1. The lowest BCUT2D eigenvalue weighted by atomic mass is 9.98. The van der Waals surface area contributed by atoms with Crippen LogP contribution in [0.5, 0.6) is 11.5 Å². The molecule has 0 spiro atoms. The molecule has 2 aromatic heterocycles. The minimum atomic E-state index is -0.736. The number of esters is 2. The van der Waals surface area contributed by atoms with Gasteiger partial charge >= 0.3 is 11.9 Å². The molecular formula is C36H40Cl2N3O6S+. The Bertz CT molecular complexity index is 1660. The van der Waals surface area contributed by atoms with Crippen LogP contribution in [0.25, 0.3) is 0 Å². The summed E-state index contributed by atoms with van der Waals surface area (Å²) in [6.07, 6.45) is 4.77. The minimum absolute atomic E-state index is 0.228. The molecule has 254 valence electrons. The molecule has 0 amide bonds. The van der Waals surface area contributed by atoms with E-state index < -0.39 is 18.1 Å². The summed E-state index contributed by atoms with van der Waals surface area (Å²) < 4.78 is 22.8. The van der Waals surface area contributed by atoms with Gasteiger partial charge in [-0.25, -0.2) is 14.6 Å². The van der Waals surface area contributed by atoms with Crippen molar-refractivity contribution in [2.75, 3.05) is 41.0 Å². The lowest BCUT2D eigenvalue weighted by Gasteiger charge is -2.29. The third-order valence-corrected chi connectivity index (χ3v) is 10.2. The predicted octanol–water partition coefficient (Wildman–Crippen LogP) is 6.74. The number of halogens is 2. The van der Waals surface area contributed by atoms with Crippen LogP contribution in [-0.2, 0) is 27.2 Å². The number of aromatic nitrogens is 1. The van der Waals surface area contributed by atoms with Gasteiger partial charge in [0.05, 0.1) is 20.8 Å². The number of hydrogen-bond donors (Lipinski definition) is 1. The molecule has 0 saturated carbocycles. The molecule has 0 aliphatic carbocycles. The lowest BCUT2D eigenvalue weighted by Crippen LogP contribution is -2.34. The molecule has 2 N–H and O–H groups in total. The number of pyridine rings is 1. The average molecular weight is 714 g/mol. The van der Waals surface area contributed by atoms with Gasteiger partial charge in [0.2, 0.25) is 0 Å². The van der Waals surface area contributed by atoms with Crippen molar-refractivity contribution in [1.82, 2.24) is 10.2 Å². The van der Waals surface area contributed by atoms with Gasteiger partial charge in [-0.05, 0) is 74.3 Å². The zero-order valence-electron chi connectivity index (χ0n) is 27.2. The Morgan fingerprint density at radius 3 is 2.35 bits per heavy atom. The number of benzene rings is 2. The van der Waals surface area contributed by atoms with Crippen LogP contribution in [-0.4, -0.2) is 57.8 Å². The molecule has 0 bridgehead atoms. The van der Waals surface area contributed by atoms with Crippen LogP contribution in [0.2, 0.25) is 10.0 Å². The van der Waals surface area contributed by atoms with E-state index in [1.54, 1.807) is 44.8 Å². The third kappa shape index (κ3) is 9.27. The van der Waals surface area contributed by atoms with Crippen molar-refractivity contribution >= 4 is 46.5 Å². The first-order valence-electron chi connectivity index (χ1n) is 15.7. The van der Waals surface area contributed by atoms with Crippen molar-refractivity contribution < 1.29 is 33.5 Å². The van der Waals surface area contributed by atoms with Crippen molar-refractivity contribution in [2.24, 2.45) is 5.92 Å². The monoisotopic (exact) mass is 712 g/mol. The number of ether oxygens (including phenoxy) is 4. The highest BCUT2D eigenvalue weighted by molar-refractivity contribution is 7.13. The second-order valence-corrected chi connectivity index (χ2v) is 13.7. The summed E-state index contributed by atoms with van der Waals surface area (Å²) >= 11 is 14.2. The van der Waals surface area contributed by atoms with Crippen molar-refractivity contribution in [3.05, 3.63) is 110 Å². The van der Waals surface area contributed by atoms with Crippen LogP contribution < -0.4 is 19.8 Å². The van der Waals surface area contributed by atoms with Crippen LogP contribution in [0.3, 0.4) is 0 Å². The summed E-state index contributed by atoms with van der Waals surface area (Å²) in [6.45, 7) is 2.78. The summed E-state index contributed by atoms with van der Waals surface area (Å²) in [5, 5.41) is 4.20. The quantitative estimate of drug-likeness (QED) is 0.144. The van der Waals surface area contributed by atoms with Gasteiger partial charge in [0.15, 0.2) is 23.9 Å². The predicted molar refractivity (Wildman–Crippen MR) is 186 cm³/mol. The SMILES string of the molecule is COc1ccc(C(Cc2c(Cl)c[nH+]cc2Cl)OC(=O)c2ccc(CNC(C(=O)OCC3CCN(C)CC3)c3ccccc3)s2)cc1OC. The maximum absolute atomic E-state index is 13.6. The lowest BCUT2D eigenvalue weighted by molar-refractivity contribution is -0.377. The Morgan fingerprint density at radius 1 is 0.958 bits per heavy atom. The number of hydrogen-bond acceptors (Lipinski definition) is 9. The molecule has 48 heavy (non-hydrogen) atoms. The first-order valence-corrected chi connectivity index (χ1v) is 17.3. The number of H-pyrrole nitrogens is 1. The molecular weight excluding hydrogens is 673 g/mol. The number of piperidine rings is 1. The highest BCUT2D eigenvalue weighted by Gasteiger charge is 2.27. The van der Waals surface area contributed by atoms with E-state index in [-0.39, 0.29) is 12.4 Å². The topological polar surface area (TPSA) is 100 Å². The van der Waals surface area contributed by atoms with E-state index in [0.717, 1.165) is 36.4 Å². The first kappa shape index (κ1) is 35.6. The maximum Gasteiger partial charge on any atom is 0.348 e. The van der Waals surface area contributed by atoms with Crippen LogP contribution in [0.15, 0.2) is 73.1 Å². The number of likely N-dealkylation sites (tertiary alicyclic amines) is 1. The molecule has 2 unspecified atom stereocenters. The Balaban J connectivity index is 1.28. The molecule has 4 aromatic rings. The number of methoxy groups -OCH3 is 2. The standard InChI is InChI=1S/C36H39Cl2N3O6S/c1-41-15-13-23(14-16-41)22-46-36(43)34(24-7-5-4-6-8-24)40-19-26-10-12-33(48-26)35(42)47-31(18-27-28(37)20-39-21-29(27)38)25-9-11-30(44-2)32(17-25)45-3/h4-12,17,20-21,23,31,34,40H,13-16,18-19,22H2,1-3H3/p+1. The van der Waals surface area contributed by atoms with Gasteiger partial charge in [-0.1, -0.05) is 59.6 Å². The maximum atomic E-state index is 13.6. The third-order valence-electron chi connectivity index (χ3n) is 8.43. The Labute approximate surface area is 295 Å². The van der Waals surface area contributed by atoms with Crippen molar-refractivity contribution in [3.63, 3.8) is 0 Å². The van der Waals surface area contributed by atoms with Crippen LogP contribution in [0.4, 0.5) is 0 Å². The zero-order valence-corrected chi connectivity index (χ0v) is 29.5. The van der Waals surface area contributed by atoms with Crippen molar-refractivity contribution in [2.45, 2.75) is 38.0 Å². The molecule has 1 aliphatic heterocycles. The number of thiophene rings is 1. The van der Waals surface area contributed by atoms with E-state index in [4.69, 9.17) is 42.1 Å². The molecule has 1 aliphatic rings. The Hall–Kier alpha value is -3.67. The second kappa shape index (κ2) is 17.1. The molecule has 5 rings (SSSR count). The van der Waals surface area contributed by atoms with Crippen LogP contribution in [0, 0.1) is 5.92 Å². The first-order chi connectivity index (χ1) is 23.2. The average Bonchev–Trinajstić information content (AvgIpc) is 3.58. The van der Waals surface area contributed by atoms with E-state index in [9.17, 15) is 9.59 Å². The van der Waals surface area contributed by atoms with Gasteiger partial charge in [-0.15, -0.1) is 11.3 Å². The minimum Gasteiger partial charge on any atom is -0.493 e. The van der Waals surface area contributed by atoms with Gasteiger partial charge in [0, 0.05) is 23.4 Å². The van der Waals surface area contributed by atoms with E-state index in [0.29, 0.717) is 56.6 Å². The van der Waals surface area contributed by atoms with E-state index in [1.807, 2.05) is 42.5 Å². The summed E-state index contributed by atoms with van der Waals surface area (Å²) in [5.41, 5.74) is 2.13. The van der Waals surface area contributed by atoms with E-state index in [1.165, 1.54) is 11.3 Å². The van der Waals surface area contributed by atoms with Crippen LogP contribution in [0.1, 0.15) is 56.2 Å². The summed E-state index contributed by atoms with van der Waals surface area (Å²) in [4.78, 5) is 33.4.